The predicted molar refractivity (Wildman–Crippen MR) is 108 cm³/mol. The molecule has 3 heterocycles. The number of fused-ring (bicyclic) bond motifs is 1. The first-order valence-electron chi connectivity index (χ1n) is 9.36. The second kappa shape index (κ2) is 7.60. The van der Waals surface area contributed by atoms with Crippen LogP contribution in [0.2, 0.25) is 5.02 Å². The minimum atomic E-state index is -0.724. The van der Waals surface area contributed by atoms with E-state index < -0.39 is 24.0 Å². The quantitative estimate of drug-likeness (QED) is 0.632. The molecule has 9 nitrogen and oxygen atoms in total. The second-order valence-electron chi connectivity index (χ2n) is 6.90. The zero-order chi connectivity index (χ0) is 21.6. The molecule has 0 aliphatic carbocycles. The van der Waals surface area contributed by atoms with Crippen LogP contribution < -0.4 is 15.8 Å². The summed E-state index contributed by atoms with van der Waals surface area (Å²) in [4.78, 5) is 19.9. The molecule has 0 spiro atoms. The summed E-state index contributed by atoms with van der Waals surface area (Å²) in [6, 6.07) is 0.339. The number of alkyl carbamates (subject to hydrolysis) is 1. The molecule has 158 valence electrons. The summed E-state index contributed by atoms with van der Waals surface area (Å²) in [5, 5.41) is 7.70. The monoisotopic (exact) mass is 434 g/mol. The smallest absolute Gasteiger partial charge is 0.407 e. The van der Waals surface area contributed by atoms with Crippen molar-refractivity contribution in [2.24, 2.45) is 0 Å². The molecule has 2 atom stereocenters. The maximum absolute atomic E-state index is 15.0. The fraction of sp³-hybridized carbons (Fsp3) is 0.368. The van der Waals surface area contributed by atoms with E-state index >= 15 is 4.39 Å². The second-order valence-corrected chi connectivity index (χ2v) is 7.30. The van der Waals surface area contributed by atoms with Crippen LogP contribution in [-0.2, 0) is 4.74 Å². The lowest BCUT2D eigenvalue weighted by molar-refractivity contribution is 0.176. The van der Waals surface area contributed by atoms with Gasteiger partial charge in [0.2, 0.25) is 0 Å². The van der Waals surface area contributed by atoms with Crippen molar-refractivity contribution in [3.8, 4) is 5.75 Å². The van der Waals surface area contributed by atoms with Crippen LogP contribution in [0.15, 0.2) is 12.4 Å². The third kappa shape index (κ3) is 3.17. The number of rotatable bonds is 5. The Hall–Kier alpha value is -3.14. The van der Waals surface area contributed by atoms with E-state index in [0.29, 0.717) is 28.1 Å². The van der Waals surface area contributed by atoms with E-state index in [-0.39, 0.29) is 29.5 Å². The Morgan fingerprint density at radius 3 is 2.93 bits per heavy atom. The van der Waals surface area contributed by atoms with E-state index in [0.717, 1.165) is 0 Å². The number of cyclic esters (lactones) is 1. The van der Waals surface area contributed by atoms with E-state index in [2.05, 4.69) is 20.4 Å². The summed E-state index contributed by atoms with van der Waals surface area (Å²) >= 11 is 6.23. The molecule has 3 N–H and O–H groups in total. The third-order valence-electron chi connectivity index (χ3n) is 5.06. The molecular weight excluding hydrogens is 415 g/mol. The topological polar surface area (TPSA) is 117 Å². The Labute approximate surface area is 176 Å². The number of nitrogens with one attached hydrogen (secondary N) is 1. The number of hydrogen-bond donors (Lipinski definition) is 2. The number of aryl methyl sites for hydroxylation is 1. The van der Waals surface area contributed by atoms with Crippen LogP contribution in [0, 0.1) is 12.7 Å². The summed E-state index contributed by atoms with van der Waals surface area (Å²) < 4.78 is 27.5. The zero-order valence-electron chi connectivity index (χ0n) is 16.6. The molecule has 1 amide bonds. The number of nitrogens with zero attached hydrogens (tertiary/aromatic N) is 4. The number of halogens is 2. The first kappa shape index (κ1) is 20.1. The van der Waals surface area contributed by atoms with Gasteiger partial charge in [0.1, 0.15) is 24.5 Å². The molecule has 11 heteroatoms. The van der Waals surface area contributed by atoms with Gasteiger partial charge < -0.3 is 20.5 Å². The van der Waals surface area contributed by atoms with Gasteiger partial charge in [0, 0.05) is 5.56 Å². The number of carbonyl (C=O) groups is 1. The molecule has 2 aromatic heterocycles. The summed E-state index contributed by atoms with van der Waals surface area (Å²) in [5.74, 6) is -0.0596. The van der Waals surface area contributed by atoms with Crippen LogP contribution in [0.4, 0.5) is 15.0 Å². The normalized spacial score (nSPS) is 17.1. The van der Waals surface area contributed by atoms with Gasteiger partial charge in [-0.3, -0.25) is 0 Å². The summed E-state index contributed by atoms with van der Waals surface area (Å²) in [5.41, 5.74) is 7.92. The van der Waals surface area contributed by atoms with Gasteiger partial charge in [-0.25, -0.2) is 23.8 Å². The fourth-order valence-electron chi connectivity index (χ4n) is 3.69. The molecular formula is C19H20ClFN6O3. The maximum Gasteiger partial charge on any atom is 0.407 e. The standard InChI is InChI=1S/C19H20ClFN6O3/c1-4-29-16-10(5-11(20)15(21)14(16)12-6-30-19(28)25-12)9(3)27-18-13(8(2)26-27)17(22)23-7-24-18/h5,7,9,12H,4,6H2,1-3H3,(H,25,28)(H2,22,23,24)/t9-,12?/m0/s1. The van der Waals surface area contributed by atoms with Gasteiger partial charge in [0.15, 0.2) is 11.5 Å². The number of carbonyl (C=O) groups excluding carboxylic acids is 1. The molecule has 0 saturated carbocycles. The van der Waals surface area contributed by atoms with Gasteiger partial charge in [0.05, 0.1) is 40.4 Å². The Bertz CT molecular complexity index is 1150. The van der Waals surface area contributed by atoms with Crippen LogP contribution in [0.25, 0.3) is 11.0 Å². The van der Waals surface area contributed by atoms with Crippen molar-refractivity contribution in [2.45, 2.75) is 32.9 Å². The van der Waals surface area contributed by atoms with Crippen molar-refractivity contribution < 1.29 is 18.7 Å². The predicted octanol–water partition coefficient (Wildman–Crippen LogP) is 3.30. The number of nitrogen functional groups attached to an aromatic ring is 1. The molecule has 30 heavy (non-hydrogen) atoms. The largest absolute Gasteiger partial charge is 0.493 e. The van der Waals surface area contributed by atoms with Crippen molar-refractivity contribution in [1.29, 1.82) is 0 Å². The highest BCUT2D eigenvalue weighted by Crippen LogP contribution is 2.41. The molecule has 1 aliphatic rings. The molecule has 3 aromatic rings. The number of hydrogen-bond acceptors (Lipinski definition) is 7. The van der Waals surface area contributed by atoms with Crippen molar-refractivity contribution >= 4 is 34.5 Å². The molecule has 4 rings (SSSR count). The molecule has 0 radical (unpaired) electrons. The highest BCUT2D eigenvalue weighted by Gasteiger charge is 2.34. The van der Waals surface area contributed by atoms with Crippen molar-refractivity contribution in [3.63, 3.8) is 0 Å². The molecule has 1 unspecified atom stereocenters. The number of aromatic nitrogens is 4. The minimum Gasteiger partial charge on any atom is -0.493 e. The highest BCUT2D eigenvalue weighted by molar-refractivity contribution is 6.31. The average Bonchev–Trinajstić information content (AvgIpc) is 3.28. The first-order valence-corrected chi connectivity index (χ1v) is 9.74. The van der Waals surface area contributed by atoms with E-state index in [1.807, 2.05) is 13.8 Å². The van der Waals surface area contributed by atoms with Crippen LogP contribution in [0.1, 0.15) is 42.8 Å². The number of amides is 1. The lowest BCUT2D eigenvalue weighted by Gasteiger charge is -2.23. The van der Waals surface area contributed by atoms with E-state index in [4.69, 9.17) is 26.8 Å². The Kier molecular flexibility index (Phi) is 5.10. The lowest BCUT2D eigenvalue weighted by Crippen LogP contribution is -2.22. The van der Waals surface area contributed by atoms with Gasteiger partial charge in [-0.15, -0.1) is 0 Å². The van der Waals surface area contributed by atoms with E-state index in [1.165, 1.54) is 12.4 Å². The van der Waals surface area contributed by atoms with Crippen molar-refractivity contribution in [1.82, 2.24) is 25.1 Å². The molecule has 1 aromatic carbocycles. The SMILES string of the molecule is CCOc1c([C@H](C)n2nc(C)c3c(N)ncnc32)cc(Cl)c(F)c1C1COC(=O)N1. The van der Waals surface area contributed by atoms with Gasteiger partial charge in [-0.05, 0) is 26.8 Å². The van der Waals surface area contributed by atoms with Gasteiger partial charge >= 0.3 is 6.09 Å². The minimum absolute atomic E-state index is 0.0302. The molecule has 1 saturated heterocycles. The van der Waals surface area contributed by atoms with E-state index in [1.54, 1.807) is 11.6 Å². The van der Waals surface area contributed by atoms with Gasteiger partial charge in [0.25, 0.3) is 0 Å². The number of anilines is 1. The Morgan fingerprint density at radius 2 is 2.27 bits per heavy atom. The number of benzene rings is 1. The maximum atomic E-state index is 15.0. The average molecular weight is 435 g/mol. The van der Waals surface area contributed by atoms with Gasteiger partial charge in [-0.1, -0.05) is 11.6 Å². The first-order chi connectivity index (χ1) is 14.3. The molecule has 1 fully saturated rings. The summed E-state index contributed by atoms with van der Waals surface area (Å²) in [6.07, 6.45) is 0.734. The Morgan fingerprint density at radius 1 is 1.50 bits per heavy atom. The van der Waals surface area contributed by atoms with Gasteiger partial charge in [-0.2, -0.15) is 5.10 Å². The van der Waals surface area contributed by atoms with E-state index in [9.17, 15) is 4.79 Å². The van der Waals surface area contributed by atoms with Crippen LogP contribution >= 0.6 is 11.6 Å². The lowest BCUT2D eigenvalue weighted by atomic mass is 9.98. The van der Waals surface area contributed by atoms with Crippen molar-refractivity contribution in [2.75, 3.05) is 18.9 Å². The Balaban J connectivity index is 1.91. The number of nitrogens with two attached hydrogens (primary N) is 1. The summed E-state index contributed by atoms with van der Waals surface area (Å²) in [6.45, 7) is 5.71. The zero-order valence-corrected chi connectivity index (χ0v) is 17.3. The third-order valence-corrected chi connectivity index (χ3v) is 5.33. The molecule has 1 aliphatic heterocycles. The van der Waals surface area contributed by atoms with Crippen LogP contribution in [0.5, 0.6) is 5.75 Å². The fourth-order valence-corrected chi connectivity index (χ4v) is 3.91. The molecule has 0 bridgehead atoms. The van der Waals surface area contributed by atoms with Crippen LogP contribution in [-0.4, -0.2) is 39.1 Å². The van der Waals surface area contributed by atoms with Crippen LogP contribution in [0.3, 0.4) is 0 Å². The highest BCUT2D eigenvalue weighted by atomic mass is 35.5. The summed E-state index contributed by atoms with van der Waals surface area (Å²) in [7, 11) is 0. The number of ether oxygens (including phenoxy) is 2. The van der Waals surface area contributed by atoms with Crippen molar-refractivity contribution in [3.05, 3.63) is 40.1 Å².